The van der Waals surface area contributed by atoms with Crippen LogP contribution < -0.4 is 10.1 Å². The minimum atomic E-state index is -0.873. The fourth-order valence-electron chi connectivity index (χ4n) is 2.60. The molecule has 1 saturated heterocycles. The molecule has 1 heterocycles. The molecule has 1 aromatic rings. The first-order valence-corrected chi connectivity index (χ1v) is 7.80. The molecule has 1 N–H and O–H groups in total. The van der Waals surface area contributed by atoms with E-state index >= 15 is 0 Å². The van der Waals surface area contributed by atoms with E-state index in [9.17, 15) is 14.4 Å². The second-order valence-electron chi connectivity index (χ2n) is 5.70. The third kappa shape index (κ3) is 4.24. The quantitative estimate of drug-likeness (QED) is 0.799. The van der Waals surface area contributed by atoms with Crippen LogP contribution in [0.15, 0.2) is 24.3 Å². The van der Waals surface area contributed by atoms with Gasteiger partial charge in [-0.2, -0.15) is 0 Å². The number of aryl methyl sites for hydroxylation is 1. The van der Waals surface area contributed by atoms with Crippen LogP contribution in [-0.2, 0) is 19.1 Å². The lowest BCUT2D eigenvalue weighted by Gasteiger charge is -2.35. The van der Waals surface area contributed by atoms with Gasteiger partial charge in [0, 0.05) is 13.1 Å². The van der Waals surface area contributed by atoms with E-state index in [-0.39, 0.29) is 18.2 Å². The normalized spacial score (nSPS) is 18.5. The zero-order valence-corrected chi connectivity index (χ0v) is 14.1. The van der Waals surface area contributed by atoms with Gasteiger partial charge in [-0.15, -0.1) is 0 Å². The molecule has 0 aromatic heterocycles. The van der Waals surface area contributed by atoms with Gasteiger partial charge in [-0.1, -0.05) is 12.1 Å². The van der Waals surface area contributed by atoms with E-state index in [1.807, 2.05) is 25.1 Å². The molecule has 1 aliphatic heterocycles. The minimum Gasteiger partial charge on any atom is -0.481 e. The second-order valence-corrected chi connectivity index (χ2v) is 5.70. The average molecular weight is 334 g/mol. The summed E-state index contributed by atoms with van der Waals surface area (Å²) in [6.45, 7) is 4.24. The van der Waals surface area contributed by atoms with Crippen molar-refractivity contribution in [1.82, 2.24) is 10.2 Å². The first kappa shape index (κ1) is 17.8. The number of ether oxygens (including phenoxy) is 2. The van der Waals surface area contributed by atoms with Crippen LogP contribution in [0.25, 0.3) is 0 Å². The number of nitrogens with zero attached hydrogens (tertiary/aromatic N) is 1. The zero-order chi connectivity index (χ0) is 17.7. The molecule has 2 atom stereocenters. The number of piperazine rings is 1. The average Bonchev–Trinajstić information content (AvgIpc) is 2.55. The van der Waals surface area contributed by atoms with Crippen molar-refractivity contribution < 1.29 is 23.9 Å². The molecule has 2 rings (SSSR count). The molecule has 2 unspecified atom stereocenters. The van der Waals surface area contributed by atoms with Crippen LogP contribution in [0, 0.1) is 6.92 Å². The molecule has 0 radical (unpaired) electrons. The Hall–Kier alpha value is -2.57. The fourth-order valence-corrected chi connectivity index (χ4v) is 2.60. The highest BCUT2D eigenvalue weighted by molar-refractivity contribution is 5.93. The van der Waals surface area contributed by atoms with Gasteiger partial charge in [-0.25, -0.2) is 0 Å². The first-order valence-electron chi connectivity index (χ1n) is 7.80. The number of hydrogen-bond donors (Lipinski definition) is 1. The highest BCUT2D eigenvalue weighted by Crippen LogP contribution is 2.17. The number of methoxy groups -OCH3 is 1. The van der Waals surface area contributed by atoms with Crippen molar-refractivity contribution in [2.24, 2.45) is 0 Å². The number of hydrogen-bond acceptors (Lipinski definition) is 5. The highest BCUT2D eigenvalue weighted by atomic mass is 16.5. The molecule has 1 fully saturated rings. The van der Waals surface area contributed by atoms with Crippen LogP contribution in [0.4, 0.5) is 0 Å². The van der Waals surface area contributed by atoms with Gasteiger partial charge in [0.1, 0.15) is 11.8 Å². The lowest BCUT2D eigenvalue weighted by molar-refractivity contribution is -0.153. The molecule has 0 bridgehead atoms. The maximum absolute atomic E-state index is 12.7. The van der Waals surface area contributed by atoms with Gasteiger partial charge in [0.05, 0.1) is 13.5 Å². The number of amides is 2. The highest BCUT2D eigenvalue weighted by Gasteiger charge is 2.37. The summed E-state index contributed by atoms with van der Waals surface area (Å²) in [5, 5.41) is 2.66. The Morgan fingerprint density at radius 3 is 2.83 bits per heavy atom. The van der Waals surface area contributed by atoms with Crippen LogP contribution in [0.3, 0.4) is 0 Å². The van der Waals surface area contributed by atoms with E-state index in [0.29, 0.717) is 18.8 Å². The molecule has 7 heteroatoms. The number of benzene rings is 1. The fraction of sp³-hybridized carbons (Fsp3) is 0.471. The maximum Gasteiger partial charge on any atom is 0.308 e. The monoisotopic (exact) mass is 334 g/mol. The summed E-state index contributed by atoms with van der Waals surface area (Å²) in [6.07, 6.45) is -0.941. The summed E-state index contributed by atoms with van der Waals surface area (Å²) in [5.41, 5.74) is 1.02. The third-order valence-electron chi connectivity index (χ3n) is 3.85. The summed E-state index contributed by atoms with van der Waals surface area (Å²) in [4.78, 5) is 37.6. The van der Waals surface area contributed by atoms with Crippen LogP contribution >= 0.6 is 0 Å². The Bertz CT molecular complexity index is 631. The molecule has 7 nitrogen and oxygen atoms in total. The van der Waals surface area contributed by atoms with Crippen LogP contribution in [0.1, 0.15) is 18.9 Å². The van der Waals surface area contributed by atoms with Crippen molar-refractivity contribution >= 4 is 17.8 Å². The van der Waals surface area contributed by atoms with E-state index in [1.165, 1.54) is 12.0 Å². The summed E-state index contributed by atoms with van der Waals surface area (Å²) >= 11 is 0. The van der Waals surface area contributed by atoms with Crippen LogP contribution in [0.5, 0.6) is 5.75 Å². The lowest BCUT2D eigenvalue weighted by Crippen LogP contribution is -2.60. The number of carbonyl (C=O) groups is 3. The zero-order valence-electron chi connectivity index (χ0n) is 14.1. The lowest BCUT2D eigenvalue weighted by atomic mass is 10.1. The number of rotatable bonds is 5. The predicted molar refractivity (Wildman–Crippen MR) is 86.4 cm³/mol. The third-order valence-corrected chi connectivity index (χ3v) is 3.85. The van der Waals surface area contributed by atoms with Gasteiger partial charge >= 0.3 is 5.97 Å². The molecule has 1 aliphatic rings. The van der Waals surface area contributed by atoms with Crippen molar-refractivity contribution in [2.45, 2.75) is 32.4 Å². The van der Waals surface area contributed by atoms with E-state index in [2.05, 4.69) is 10.1 Å². The van der Waals surface area contributed by atoms with Crippen LogP contribution in [0.2, 0.25) is 0 Å². The summed E-state index contributed by atoms with van der Waals surface area (Å²) in [6, 6.07) is 6.50. The Balaban J connectivity index is 2.09. The van der Waals surface area contributed by atoms with E-state index in [1.54, 1.807) is 13.0 Å². The number of carbonyl (C=O) groups excluding carboxylic acids is 3. The molecule has 1 aromatic carbocycles. The van der Waals surface area contributed by atoms with Crippen molar-refractivity contribution in [3.05, 3.63) is 29.8 Å². The van der Waals surface area contributed by atoms with Crippen molar-refractivity contribution in [2.75, 3.05) is 20.2 Å². The Kier molecular flexibility index (Phi) is 5.78. The standard InChI is InChI=1S/C17H22N2O5/c1-11-5-4-6-13(9-11)24-12(2)17(22)19-8-7-18-16(21)14(19)10-15(20)23-3/h4-6,9,12,14H,7-8,10H2,1-3H3,(H,18,21). The largest absolute Gasteiger partial charge is 0.481 e. The van der Waals surface area contributed by atoms with Gasteiger partial charge in [0.2, 0.25) is 5.91 Å². The molecule has 130 valence electrons. The Morgan fingerprint density at radius 2 is 2.17 bits per heavy atom. The number of esters is 1. The summed E-state index contributed by atoms with van der Waals surface area (Å²) in [7, 11) is 1.25. The smallest absolute Gasteiger partial charge is 0.308 e. The molecule has 0 spiro atoms. The Morgan fingerprint density at radius 1 is 1.42 bits per heavy atom. The predicted octanol–water partition coefficient (Wildman–Crippen LogP) is 0.652. The molecule has 24 heavy (non-hydrogen) atoms. The van der Waals surface area contributed by atoms with Crippen LogP contribution in [-0.4, -0.2) is 55.0 Å². The van der Waals surface area contributed by atoms with Gasteiger partial charge < -0.3 is 19.7 Å². The molecule has 2 amide bonds. The van der Waals surface area contributed by atoms with Crippen molar-refractivity contribution in [3.8, 4) is 5.75 Å². The summed E-state index contributed by atoms with van der Waals surface area (Å²) in [5.74, 6) is -0.646. The first-order chi connectivity index (χ1) is 11.4. The van der Waals surface area contributed by atoms with Gasteiger partial charge in [-0.05, 0) is 31.5 Å². The van der Waals surface area contributed by atoms with Gasteiger partial charge in [0.25, 0.3) is 5.91 Å². The minimum absolute atomic E-state index is 0.175. The van der Waals surface area contributed by atoms with Crippen molar-refractivity contribution in [1.29, 1.82) is 0 Å². The second kappa shape index (κ2) is 7.81. The van der Waals surface area contributed by atoms with Gasteiger partial charge in [-0.3, -0.25) is 14.4 Å². The maximum atomic E-state index is 12.7. The summed E-state index contributed by atoms with van der Waals surface area (Å²) < 4.78 is 10.3. The van der Waals surface area contributed by atoms with Crippen molar-refractivity contribution in [3.63, 3.8) is 0 Å². The molecular formula is C17H22N2O5. The van der Waals surface area contributed by atoms with E-state index in [4.69, 9.17) is 4.74 Å². The Labute approximate surface area is 140 Å². The van der Waals surface area contributed by atoms with E-state index in [0.717, 1.165) is 5.56 Å². The molecule has 0 aliphatic carbocycles. The van der Waals surface area contributed by atoms with E-state index < -0.39 is 18.1 Å². The topological polar surface area (TPSA) is 84.9 Å². The SMILES string of the molecule is COC(=O)CC1C(=O)NCCN1C(=O)C(C)Oc1cccc(C)c1. The molecular weight excluding hydrogens is 312 g/mol. The molecule has 0 saturated carbocycles. The number of nitrogens with one attached hydrogen (secondary N) is 1. The van der Waals surface area contributed by atoms with Gasteiger partial charge in [0.15, 0.2) is 6.10 Å².